The van der Waals surface area contributed by atoms with E-state index in [1.807, 2.05) is 0 Å². The normalized spacial score (nSPS) is 14.3. The lowest BCUT2D eigenvalue weighted by Gasteiger charge is -2.13. The molecule has 0 atom stereocenters. The number of nitrogens with zero attached hydrogens (tertiary/aromatic N) is 1. The third kappa shape index (κ3) is 4.87. The molecule has 10 heteroatoms. The predicted octanol–water partition coefficient (Wildman–Crippen LogP) is 3.22. The number of esters is 1. The molecular formula is C22H19ClN2O7. The number of hydrogen-bond donors (Lipinski definition) is 1. The van der Waals surface area contributed by atoms with Gasteiger partial charge in [-0.15, -0.1) is 6.42 Å². The van der Waals surface area contributed by atoms with E-state index in [1.54, 1.807) is 19.1 Å². The molecule has 2 heterocycles. The molecule has 1 N–H and O–H groups in total. The van der Waals surface area contributed by atoms with Crippen LogP contribution in [-0.2, 0) is 16.1 Å². The van der Waals surface area contributed by atoms with Gasteiger partial charge in [-0.05, 0) is 42.8 Å². The maximum Gasteiger partial charge on any atom is 0.373 e. The van der Waals surface area contributed by atoms with E-state index in [0.717, 1.165) is 4.90 Å². The molecule has 1 aromatic heterocycles. The molecule has 1 saturated heterocycles. The van der Waals surface area contributed by atoms with Gasteiger partial charge in [0, 0.05) is 0 Å². The summed E-state index contributed by atoms with van der Waals surface area (Å²) < 4.78 is 20.9. The van der Waals surface area contributed by atoms with E-state index in [2.05, 4.69) is 16.0 Å². The zero-order chi connectivity index (χ0) is 23.3. The highest BCUT2D eigenvalue weighted by Crippen LogP contribution is 2.37. The summed E-state index contributed by atoms with van der Waals surface area (Å²) in [5.74, 6) is 1.96. The van der Waals surface area contributed by atoms with Gasteiger partial charge >= 0.3 is 12.0 Å². The first-order chi connectivity index (χ1) is 15.4. The van der Waals surface area contributed by atoms with Crippen LogP contribution in [0.3, 0.4) is 0 Å². The van der Waals surface area contributed by atoms with Gasteiger partial charge in [-0.2, -0.15) is 0 Å². The van der Waals surface area contributed by atoms with Gasteiger partial charge in [0.25, 0.3) is 5.91 Å². The van der Waals surface area contributed by atoms with Crippen LogP contribution >= 0.6 is 11.6 Å². The number of ether oxygens (including phenoxy) is 3. The Morgan fingerprint density at radius 1 is 1.31 bits per heavy atom. The first kappa shape index (κ1) is 22.8. The van der Waals surface area contributed by atoms with Gasteiger partial charge in [0.2, 0.25) is 5.76 Å². The topological polar surface area (TPSA) is 107 Å². The van der Waals surface area contributed by atoms with Crippen molar-refractivity contribution in [1.29, 1.82) is 0 Å². The fourth-order valence-electron chi connectivity index (χ4n) is 2.90. The van der Waals surface area contributed by atoms with Crippen molar-refractivity contribution in [2.45, 2.75) is 13.5 Å². The number of amides is 3. The van der Waals surface area contributed by atoms with E-state index in [-0.39, 0.29) is 41.1 Å². The number of rotatable bonds is 8. The van der Waals surface area contributed by atoms with Crippen LogP contribution in [0.15, 0.2) is 34.4 Å². The predicted molar refractivity (Wildman–Crippen MR) is 114 cm³/mol. The Hall–Kier alpha value is -3.90. The van der Waals surface area contributed by atoms with Crippen molar-refractivity contribution in [1.82, 2.24) is 10.2 Å². The van der Waals surface area contributed by atoms with Crippen LogP contribution in [0.25, 0.3) is 6.08 Å². The molecule has 1 aliphatic rings. The van der Waals surface area contributed by atoms with Crippen molar-refractivity contribution in [2.75, 3.05) is 20.3 Å². The molecule has 1 aliphatic heterocycles. The Kier molecular flexibility index (Phi) is 7.07. The average molecular weight is 459 g/mol. The number of methoxy groups -OCH3 is 1. The maximum absolute atomic E-state index is 12.8. The largest absolute Gasteiger partial charge is 0.490 e. The summed E-state index contributed by atoms with van der Waals surface area (Å²) in [7, 11) is 1.22. The zero-order valence-corrected chi connectivity index (χ0v) is 18.0. The van der Waals surface area contributed by atoms with Crippen LogP contribution in [0.5, 0.6) is 11.5 Å². The van der Waals surface area contributed by atoms with Gasteiger partial charge in [0.1, 0.15) is 18.1 Å². The second-order valence-electron chi connectivity index (χ2n) is 6.39. The summed E-state index contributed by atoms with van der Waals surface area (Å²) >= 11 is 6.30. The van der Waals surface area contributed by atoms with Crippen LogP contribution in [0.1, 0.15) is 28.8 Å². The molecule has 1 aromatic carbocycles. The molecule has 0 saturated carbocycles. The summed E-state index contributed by atoms with van der Waals surface area (Å²) in [6, 6.07) is 5.42. The van der Waals surface area contributed by atoms with Gasteiger partial charge in [-0.25, -0.2) is 9.59 Å². The number of carbonyl (C=O) groups is 3. The van der Waals surface area contributed by atoms with E-state index in [1.165, 1.54) is 25.3 Å². The fourth-order valence-corrected chi connectivity index (χ4v) is 3.17. The highest BCUT2D eigenvalue weighted by atomic mass is 35.5. The van der Waals surface area contributed by atoms with Crippen LogP contribution in [-0.4, -0.2) is 43.1 Å². The molecule has 9 nitrogen and oxygen atoms in total. The van der Waals surface area contributed by atoms with Gasteiger partial charge in [-0.3, -0.25) is 9.69 Å². The Balaban J connectivity index is 1.83. The van der Waals surface area contributed by atoms with Crippen LogP contribution < -0.4 is 14.8 Å². The number of benzene rings is 1. The minimum atomic E-state index is -0.661. The smallest absolute Gasteiger partial charge is 0.373 e. The van der Waals surface area contributed by atoms with Gasteiger partial charge in [0.05, 0.1) is 25.3 Å². The first-order valence-corrected chi connectivity index (χ1v) is 9.79. The molecule has 0 bridgehead atoms. The second kappa shape index (κ2) is 9.94. The highest BCUT2D eigenvalue weighted by Gasteiger charge is 2.34. The van der Waals surface area contributed by atoms with E-state index in [4.69, 9.17) is 31.9 Å². The fraction of sp³-hybridized carbons (Fsp3) is 0.227. The standard InChI is InChI=1S/C22H19ClN2O7/c1-4-8-31-19-15(23)9-13(11-18(19)30-5-2)10-16-20(26)25(22(28)24-16)12-14-6-7-17(32-14)21(27)29-3/h1,6-7,9-11H,5,8,12H2,2-3H3,(H,24,28)/b16-10-. The summed E-state index contributed by atoms with van der Waals surface area (Å²) in [5.41, 5.74) is 0.536. The quantitative estimate of drug-likeness (QED) is 0.280. The number of furan rings is 1. The van der Waals surface area contributed by atoms with Gasteiger partial charge < -0.3 is 23.9 Å². The number of terminal acetylenes is 1. The number of halogens is 1. The summed E-state index contributed by atoms with van der Waals surface area (Å²) in [6.07, 6.45) is 6.69. The number of nitrogens with one attached hydrogen (secondary N) is 1. The Bertz CT molecular complexity index is 1130. The second-order valence-corrected chi connectivity index (χ2v) is 6.80. The lowest BCUT2D eigenvalue weighted by Crippen LogP contribution is -2.30. The molecule has 0 unspecified atom stereocenters. The minimum absolute atomic E-state index is 0.00814. The molecule has 32 heavy (non-hydrogen) atoms. The summed E-state index contributed by atoms with van der Waals surface area (Å²) in [5, 5.41) is 2.74. The van der Waals surface area contributed by atoms with E-state index >= 15 is 0 Å². The summed E-state index contributed by atoms with van der Waals surface area (Å²) in [6.45, 7) is 1.99. The van der Waals surface area contributed by atoms with E-state index in [9.17, 15) is 14.4 Å². The molecular weight excluding hydrogens is 440 g/mol. The minimum Gasteiger partial charge on any atom is -0.490 e. The van der Waals surface area contributed by atoms with Crippen LogP contribution in [0.4, 0.5) is 4.79 Å². The summed E-state index contributed by atoms with van der Waals surface area (Å²) in [4.78, 5) is 37.5. The zero-order valence-electron chi connectivity index (χ0n) is 17.3. The maximum atomic E-state index is 12.8. The molecule has 0 aliphatic carbocycles. The monoisotopic (exact) mass is 458 g/mol. The van der Waals surface area contributed by atoms with E-state index in [0.29, 0.717) is 17.9 Å². The average Bonchev–Trinajstić information content (AvgIpc) is 3.33. The molecule has 1 fully saturated rings. The SMILES string of the molecule is C#CCOc1c(Cl)cc(/C=C2\NC(=O)N(Cc3ccc(C(=O)OC)o3)C2=O)cc1OCC. The lowest BCUT2D eigenvalue weighted by atomic mass is 10.1. The first-order valence-electron chi connectivity index (χ1n) is 9.42. The van der Waals surface area contributed by atoms with Gasteiger partial charge in [-0.1, -0.05) is 17.5 Å². The molecule has 0 radical (unpaired) electrons. The number of hydrogen-bond acceptors (Lipinski definition) is 7. The molecule has 0 spiro atoms. The third-order valence-corrected chi connectivity index (χ3v) is 4.55. The Labute approximate surface area is 188 Å². The van der Waals surface area contributed by atoms with Gasteiger partial charge in [0.15, 0.2) is 11.5 Å². The molecule has 3 rings (SSSR count). The number of urea groups is 1. The molecule has 2 aromatic rings. The van der Waals surface area contributed by atoms with E-state index < -0.39 is 17.9 Å². The van der Waals surface area contributed by atoms with Crippen molar-refractivity contribution >= 4 is 35.6 Å². The number of imide groups is 1. The van der Waals surface area contributed by atoms with Crippen molar-refractivity contribution in [2.24, 2.45) is 0 Å². The Morgan fingerprint density at radius 2 is 2.09 bits per heavy atom. The van der Waals surface area contributed by atoms with Crippen LogP contribution in [0, 0.1) is 12.3 Å². The lowest BCUT2D eigenvalue weighted by molar-refractivity contribution is -0.123. The molecule has 3 amide bonds. The van der Waals surface area contributed by atoms with Crippen molar-refractivity contribution < 1.29 is 33.0 Å². The van der Waals surface area contributed by atoms with Crippen LogP contribution in [0.2, 0.25) is 5.02 Å². The molecule has 166 valence electrons. The highest BCUT2D eigenvalue weighted by molar-refractivity contribution is 6.32. The third-order valence-electron chi connectivity index (χ3n) is 4.27. The van der Waals surface area contributed by atoms with Crippen molar-refractivity contribution in [3.8, 4) is 23.8 Å². The van der Waals surface area contributed by atoms with Crippen molar-refractivity contribution in [3.63, 3.8) is 0 Å². The Morgan fingerprint density at radius 3 is 2.78 bits per heavy atom. The van der Waals surface area contributed by atoms with Crippen molar-refractivity contribution in [3.05, 3.63) is 52.1 Å². The number of carbonyl (C=O) groups excluding carboxylic acids is 3.